The molecule has 1 N–H and O–H groups in total. The summed E-state index contributed by atoms with van der Waals surface area (Å²) >= 11 is 1.30. The van der Waals surface area contributed by atoms with Gasteiger partial charge in [-0.15, -0.1) is 10.2 Å². The summed E-state index contributed by atoms with van der Waals surface area (Å²) in [6.45, 7) is 6.56. The number of fused-ring (bicyclic) bond motifs is 1. The molecule has 202 valence electrons. The minimum absolute atomic E-state index is 0.0483. The summed E-state index contributed by atoms with van der Waals surface area (Å²) in [5.74, 6) is 1.35. The zero-order valence-corrected chi connectivity index (χ0v) is 23.8. The Bertz CT molecular complexity index is 1650. The molecule has 0 saturated carbocycles. The van der Waals surface area contributed by atoms with Crippen LogP contribution in [0.3, 0.4) is 0 Å². The number of thioether (sulfide) groups is 1. The standard InChI is InChI=1S/C32H31N5O2S/c1-32(2,3)25-14-12-23(13-15-25)30-35-36-31(37(30)26-16-18-27(39-4)19-17-26)40-21-29(38)34-33-20-24-10-7-9-22-8-5-6-11-28(22)24/h5-20H,21H2,1-4H3,(H,34,38)/b33-20-. The molecule has 7 nitrogen and oxygen atoms in total. The van der Waals surface area contributed by atoms with Crippen LogP contribution in [-0.2, 0) is 10.2 Å². The Hall–Kier alpha value is -4.43. The van der Waals surface area contributed by atoms with Gasteiger partial charge in [0.2, 0.25) is 0 Å². The number of nitrogens with zero attached hydrogens (tertiary/aromatic N) is 4. The smallest absolute Gasteiger partial charge is 0.250 e. The molecule has 0 radical (unpaired) electrons. The molecule has 5 rings (SSSR count). The summed E-state index contributed by atoms with van der Waals surface area (Å²) in [7, 11) is 1.64. The number of carbonyl (C=O) groups excluding carboxylic acids is 1. The van der Waals surface area contributed by atoms with E-state index in [0.717, 1.165) is 33.3 Å². The number of carbonyl (C=O) groups is 1. The second kappa shape index (κ2) is 11.8. The first-order valence-electron chi connectivity index (χ1n) is 13.0. The van der Waals surface area contributed by atoms with Gasteiger partial charge in [-0.05, 0) is 46.0 Å². The molecule has 8 heteroatoms. The molecule has 4 aromatic carbocycles. The fourth-order valence-corrected chi connectivity index (χ4v) is 5.08. The number of amides is 1. The lowest BCUT2D eigenvalue weighted by Crippen LogP contribution is -2.20. The van der Waals surface area contributed by atoms with E-state index in [-0.39, 0.29) is 17.1 Å². The highest BCUT2D eigenvalue weighted by Crippen LogP contribution is 2.31. The average molecular weight is 550 g/mol. The first kappa shape index (κ1) is 27.1. The molecule has 0 aliphatic carbocycles. The molecule has 0 fully saturated rings. The molecule has 0 saturated heterocycles. The number of methoxy groups -OCH3 is 1. The van der Waals surface area contributed by atoms with Crippen molar-refractivity contribution in [2.24, 2.45) is 5.10 Å². The van der Waals surface area contributed by atoms with Crippen molar-refractivity contribution in [1.29, 1.82) is 0 Å². The average Bonchev–Trinajstić information content (AvgIpc) is 3.40. The number of rotatable bonds is 8. The summed E-state index contributed by atoms with van der Waals surface area (Å²) in [6.07, 6.45) is 1.67. The van der Waals surface area contributed by atoms with Crippen molar-refractivity contribution in [3.8, 4) is 22.8 Å². The van der Waals surface area contributed by atoms with Crippen molar-refractivity contribution in [2.45, 2.75) is 31.3 Å². The van der Waals surface area contributed by atoms with Crippen LogP contribution in [0.4, 0.5) is 0 Å². The molecule has 0 spiro atoms. The predicted octanol–water partition coefficient (Wildman–Crippen LogP) is 6.64. The van der Waals surface area contributed by atoms with Crippen LogP contribution in [0.25, 0.3) is 27.8 Å². The number of ether oxygens (including phenoxy) is 1. The molecule has 0 unspecified atom stereocenters. The highest BCUT2D eigenvalue weighted by Gasteiger charge is 2.19. The maximum atomic E-state index is 12.7. The molecule has 0 bridgehead atoms. The number of hydrazone groups is 1. The zero-order valence-electron chi connectivity index (χ0n) is 23.0. The van der Waals surface area contributed by atoms with Crippen molar-refractivity contribution >= 4 is 34.7 Å². The van der Waals surface area contributed by atoms with E-state index >= 15 is 0 Å². The lowest BCUT2D eigenvalue weighted by Gasteiger charge is -2.19. The summed E-state index contributed by atoms with van der Waals surface area (Å²) in [5.41, 5.74) is 6.67. The Morgan fingerprint density at radius 3 is 2.40 bits per heavy atom. The third-order valence-corrected chi connectivity index (χ3v) is 7.45. The molecule has 0 atom stereocenters. The number of hydrogen-bond donors (Lipinski definition) is 1. The van der Waals surface area contributed by atoms with Gasteiger partial charge in [-0.25, -0.2) is 5.43 Å². The lowest BCUT2D eigenvalue weighted by molar-refractivity contribution is -0.118. The van der Waals surface area contributed by atoms with Crippen molar-refractivity contribution in [2.75, 3.05) is 12.9 Å². The first-order chi connectivity index (χ1) is 19.3. The van der Waals surface area contributed by atoms with Crippen LogP contribution in [0.2, 0.25) is 0 Å². The zero-order chi connectivity index (χ0) is 28.1. The van der Waals surface area contributed by atoms with Crippen LogP contribution in [-0.4, -0.2) is 39.7 Å². The third kappa shape index (κ3) is 6.07. The van der Waals surface area contributed by atoms with E-state index in [0.29, 0.717) is 11.0 Å². The van der Waals surface area contributed by atoms with Gasteiger partial charge in [-0.3, -0.25) is 9.36 Å². The van der Waals surface area contributed by atoms with Crippen LogP contribution in [0, 0.1) is 0 Å². The van der Waals surface area contributed by atoms with Gasteiger partial charge in [0, 0.05) is 16.8 Å². The van der Waals surface area contributed by atoms with Crippen LogP contribution in [0.1, 0.15) is 31.9 Å². The maximum Gasteiger partial charge on any atom is 0.250 e. The van der Waals surface area contributed by atoms with Crippen LogP contribution >= 0.6 is 11.8 Å². The quantitative estimate of drug-likeness (QED) is 0.133. The van der Waals surface area contributed by atoms with Crippen LogP contribution in [0.15, 0.2) is 101 Å². The minimum atomic E-state index is -0.234. The Morgan fingerprint density at radius 1 is 0.950 bits per heavy atom. The second-order valence-corrected chi connectivity index (χ2v) is 11.3. The van der Waals surface area contributed by atoms with E-state index in [4.69, 9.17) is 4.74 Å². The van der Waals surface area contributed by atoms with Crippen molar-refractivity contribution < 1.29 is 9.53 Å². The van der Waals surface area contributed by atoms with E-state index in [9.17, 15) is 4.79 Å². The van der Waals surface area contributed by atoms with Gasteiger partial charge < -0.3 is 4.74 Å². The highest BCUT2D eigenvalue weighted by atomic mass is 32.2. The van der Waals surface area contributed by atoms with E-state index in [1.54, 1.807) is 13.3 Å². The largest absolute Gasteiger partial charge is 0.497 e. The van der Waals surface area contributed by atoms with E-state index in [1.807, 2.05) is 71.3 Å². The summed E-state index contributed by atoms with van der Waals surface area (Å²) < 4.78 is 7.30. The van der Waals surface area contributed by atoms with Gasteiger partial charge in [0.1, 0.15) is 5.75 Å². The Kier molecular flexibility index (Phi) is 7.98. The Morgan fingerprint density at radius 2 is 1.68 bits per heavy atom. The molecular formula is C32H31N5O2S. The second-order valence-electron chi connectivity index (χ2n) is 10.3. The summed E-state index contributed by atoms with van der Waals surface area (Å²) in [4.78, 5) is 12.7. The SMILES string of the molecule is COc1ccc(-n2c(SCC(=O)N/N=C\c3cccc4ccccc34)nnc2-c2ccc(C(C)(C)C)cc2)cc1. The van der Waals surface area contributed by atoms with E-state index in [1.165, 1.54) is 17.3 Å². The van der Waals surface area contributed by atoms with Crippen LogP contribution < -0.4 is 10.2 Å². The van der Waals surface area contributed by atoms with E-state index < -0.39 is 0 Å². The number of aromatic nitrogens is 3. The van der Waals surface area contributed by atoms with Crippen molar-refractivity contribution in [1.82, 2.24) is 20.2 Å². The fraction of sp³-hybridized carbons (Fsp3) is 0.188. The molecule has 1 heterocycles. The maximum absolute atomic E-state index is 12.7. The van der Waals surface area contributed by atoms with Gasteiger partial charge in [-0.2, -0.15) is 5.10 Å². The molecule has 5 aromatic rings. The van der Waals surface area contributed by atoms with Crippen molar-refractivity contribution in [3.63, 3.8) is 0 Å². The van der Waals surface area contributed by atoms with Gasteiger partial charge >= 0.3 is 0 Å². The number of nitrogens with one attached hydrogen (secondary N) is 1. The Labute approximate surface area is 238 Å². The molecule has 1 amide bonds. The summed E-state index contributed by atoms with van der Waals surface area (Å²) in [5, 5.41) is 15.9. The lowest BCUT2D eigenvalue weighted by atomic mass is 9.87. The van der Waals surface area contributed by atoms with Crippen LogP contribution in [0.5, 0.6) is 5.75 Å². The monoisotopic (exact) mass is 549 g/mol. The first-order valence-corrected chi connectivity index (χ1v) is 14.0. The predicted molar refractivity (Wildman–Crippen MR) is 162 cm³/mol. The Balaban J connectivity index is 1.35. The normalized spacial score (nSPS) is 11.7. The van der Waals surface area contributed by atoms with Gasteiger partial charge in [0.05, 0.1) is 19.1 Å². The van der Waals surface area contributed by atoms with Crippen molar-refractivity contribution in [3.05, 3.63) is 102 Å². The molecule has 0 aliphatic heterocycles. The fourth-order valence-electron chi connectivity index (χ4n) is 4.33. The molecule has 40 heavy (non-hydrogen) atoms. The molecular weight excluding hydrogens is 518 g/mol. The van der Waals surface area contributed by atoms with Gasteiger partial charge in [0.15, 0.2) is 11.0 Å². The van der Waals surface area contributed by atoms with Gasteiger partial charge in [-0.1, -0.05) is 99.3 Å². The number of benzene rings is 4. The van der Waals surface area contributed by atoms with E-state index in [2.05, 4.69) is 65.8 Å². The third-order valence-electron chi connectivity index (χ3n) is 6.52. The highest BCUT2D eigenvalue weighted by molar-refractivity contribution is 7.99. The molecule has 1 aromatic heterocycles. The minimum Gasteiger partial charge on any atom is -0.497 e. The number of hydrogen-bond acceptors (Lipinski definition) is 6. The summed E-state index contributed by atoms with van der Waals surface area (Å²) in [6, 6.07) is 30.1. The topological polar surface area (TPSA) is 81.4 Å². The van der Waals surface area contributed by atoms with Gasteiger partial charge in [0.25, 0.3) is 5.91 Å². The molecule has 0 aliphatic rings.